The monoisotopic (exact) mass is 274 g/mol. The van der Waals surface area contributed by atoms with Crippen molar-refractivity contribution in [2.24, 2.45) is 0 Å². The van der Waals surface area contributed by atoms with Crippen LogP contribution in [0.4, 0.5) is 0 Å². The molecule has 1 aromatic carbocycles. The van der Waals surface area contributed by atoms with Crippen LogP contribution in [-0.2, 0) is 5.54 Å². The van der Waals surface area contributed by atoms with E-state index in [0.29, 0.717) is 10.2 Å². The highest BCUT2D eigenvalue weighted by Crippen LogP contribution is 2.29. The van der Waals surface area contributed by atoms with Crippen molar-refractivity contribution >= 4 is 31.6 Å². The van der Waals surface area contributed by atoms with E-state index >= 15 is 0 Å². The summed E-state index contributed by atoms with van der Waals surface area (Å²) in [6, 6.07) is 7.71. The molecule has 0 aliphatic carbocycles. The zero-order valence-electron chi connectivity index (χ0n) is 11.0. The lowest BCUT2D eigenvalue weighted by Crippen LogP contribution is -2.44. The minimum Gasteiger partial charge on any atom is -0.305 e. The van der Waals surface area contributed by atoms with Gasteiger partial charge in [-0.2, -0.15) is 0 Å². The van der Waals surface area contributed by atoms with Gasteiger partial charge in [0.1, 0.15) is 4.70 Å². The number of aromatic amines is 1. The Morgan fingerprint density at radius 1 is 1.16 bits per heavy atom. The Kier molecular flexibility index (Phi) is 2.44. The molecular weight excluding hydrogens is 260 g/mol. The van der Waals surface area contributed by atoms with Crippen LogP contribution in [0.5, 0.6) is 0 Å². The fourth-order valence-corrected chi connectivity index (χ4v) is 3.37. The molecule has 0 radical (unpaired) electrons. The van der Waals surface area contributed by atoms with Crippen molar-refractivity contribution in [3.63, 3.8) is 0 Å². The van der Waals surface area contributed by atoms with Crippen molar-refractivity contribution in [1.82, 2.24) is 9.55 Å². The van der Waals surface area contributed by atoms with Gasteiger partial charge >= 0.3 is 5.69 Å². The summed E-state index contributed by atoms with van der Waals surface area (Å²) in [6.45, 7) is 5.55. The molecule has 0 fully saturated rings. The lowest BCUT2D eigenvalue weighted by atomic mass is 10.1. The summed E-state index contributed by atoms with van der Waals surface area (Å²) in [4.78, 5) is 27.5. The lowest BCUT2D eigenvalue weighted by molar-refractivity contribution is 0.370. The van der Waals surface area contributed by atoms with E-state index < -0.39 is 5.54 Å². The molecule has 0 spiro atoms. The van der Waals surface area contributed by atoms with Crippen molar-refractivity contribution in [1.29, 1.82) is 0 Å². The van der Waals surface area contributed by atoms with Gasteiger partial charge in [-0.25, -0.2) is 4.79 Å². The van der Waals surface area contributed by atoms with Crippen LogP contribution in [0.1, 0.15) is 20.8 Å². The van der Waals surface area contributed by atoms with Crippen molar-refractivity contribution in [3.8, 4) is 0 Å². The third-order valence-corrected chi connectivity index (χ3v) is 4.26. The number of hydrogen-bond acceptors (Lipinski definition) is 3. The largest absolute Gasteiger partial charge is 0.329 e. The van der Waals surface area contributed by atoms with Gasteiger partial charge in [0.2, 0.25) is 0 Å². The van der Waals surface area contributed by atoms with Gasteiger partial charge in [-0.15, -0.1) is 11.3 Å². The lowest BCUT2D eigenvalue weighted by Gasteiger charge is -2.20. The SMILES string of the molecule is CC(C)(C)n1c(=O)[nH]c2c(sc3ccccc32)c1=O. The number of hydrogen-bond donors (Lipinski definition) is 1. The molecular formula is C14H14N2O2S. The number of fused-ring (bicyclic) bond motifs is 3. The molecule has 3 rings (SSSR count). The Balaban J connectivity index is 2.57. The van der Waals surface area contributed by atoms with Crippen LogP contribution in [0.15, 0.2) is 33.9 Å². The van der Waals surface area contributed by atoms with E-state index in [4.69, 9.17) is 0 Å². The molecule has 0 amide bonds. The van der Waals surface area contributed by atoms with Crippen molar-refractivity contribution < 1.29 is 0 Å². The third kappa shape index (κ3) is 1.73. The van der Waals surface area contributed by atoms with Gasteiger partial charge in [0.15, 0.2) is 0 Å². The molecule has 5 heteroatoms. The maximum absolute atomic E-state index is 12.5. The summed E-state index contributed by atoms with van der Waals surface area (Å²) in [5.41, 5.74) is -0.452. The van der Waals surface area contributed by atoms with E-state index in [1.54, 1.807) is 0 Å². The molecule has 4 nitrogen and oxygen atoms in total. The molecule has 0 saturated carbocycles. The molecule has 0 saturated heterocycles. The predicted molar refractivity (Wildman–Crippen MR) is 79.2 cm³/mol. The molecule has 1 N–H and O–H groups in total. The van der Waals surface area contributed by atoms with Crippen LogP contribution in [0, 0.1) is 0 Å². The third-order valence-electron chi connectivity index (χ3n) is 3.10. The second-order valence-corrected chi connectivity index (χ2v) is 6.60. The van der Waals surface area contributed by atoms with E-state index in [-0.39, 0.29) is 11.2 Å². The summed E-state index contributed by atoms with van der Waals surface area (Å²) < 4.78 is 2.90. The van der Waals surface area contributed by atoms with Gasteiger partial charge in [-0.1, -0.05) is 18.2 Å². The van der Waals surface area contributed by atoms with Crippen LogP contribution in [0.3, 0.4) is 0 Å². The van der Waals surface area contributed by atoms with Gasteiger partial charge < -0.3 is 4.98 Å². The Morgan fingerprint density at radius 2 is 1.84 bits per heavy atom. The number of nitrogens with one attached hydrogen (secondary N) is 1. The van der Waals surface area contributed by atoms with Crippen LogP contribution < -0.4 is 11.2 Å². The molecule has 3 aromatic rings. The Labute approximate surface area is 113 Å². The number of nitrogens with zero attached hydrogens (tertiary/aromatic N) is 1. The van der Waals surface area contributed by atoms with Crippen LogP contribution in [0.2, 0.25) is 0 Å². The quantitative estimate of drug-likeness (QED) is 0.685. The molecule has 2 aromatic heterocycles. The van der Waals surface area contributed by atoms with Gasteiger partial charge in [0.05, 0.1) is 5.52 Å². The van der Waals surface area contributed by atoms with E-state index in [1.165, 1.54) is 15.9 Å². The van der Waals surface area contributed by atoms with Crippen LogP contribution >= 0.6 is 11.3 Å². The second-order valence-electron chi connectivity index (χ2n) is 5.54. The summed E-state index contributed by atoms with van der Waals surface area (Å²) in [6.07, 6.45) is 0. The van der Waals surface area contributed by atoms with E-state index in [0.717, 1.165) is 10.1 Å². The highest BCUT2D eigenvalue weighted by atomic mass is 32.1. The van der Waals surface area contributed by atoms with Crippen molar-refractivity contribution in [2.75, 3.05) is 0 Å². The smallest absolute Gasteiger partial charge is 0.305 e. The molecule has 2 heterocycles. The first kappa shape index (κ1) is 12.2. The molecule has 0 atom stereocenters. The van der Waals surface area contributed by atoms with Gasteiger partial charge in [-0.3, -0.25) is 9.36 Å². The Bertz CT molecular complexity index is 894. The zero-order valence-corrected chi connectivity index (χ0v) is 11.8. The van der Waals surface area contributed by atoms with Gasteiger partial charge in [-0.05, 0) is 26.8 Å². The zero-order chi connectivity index (χ0) is 13.8. The summed E-state index contributed by atoms with van der Waals surface area (Å²) in [7, 11) is 0. The first-order valence-corrected chi connectivity index (χ1v) is 6.88. The maximum atomic E-state index is 12.5. The molecule has 0 bridgehead atoms. The van der Waals surface area contributed by atoms with E-state index in [9.17, 15) is 9.59 Å². The normalized spacial score (nSPS) is 12.4. The van der Waals surface area contributed by atoms with Crippen LogP contribution in [0.25, 0.3) is 20.3 Å². The average molecular weight is 274 g/mol. The van der Waals surface area contributed by atoms with Gasteiger partial charge in [0, 0.05) is 15.6 Å². The molecule has 0 aliphatic rings. The van der Waals surface area contributed by atoms with Gasteiger partial charge in [0.25, 0.3) is 5.56 Å². The fraction of sp³-hybridized carbons (Fsp3) is 0.286. The first-order chi connectivity index (χ1) is 8.89. The minimum absolute atomic E-state index is 0.215. The molecule has 0 aliphatic heterocycles. The molecule has 19 heavy (non-hydrogen) atoms. The van der Waals surface area contributed by atoms with Crippen molar-refractivity contribution in [2.45, 2.75) is 26.3 Å². The standard InChI is InChI=1S/C14H14N2O2S/c1-14(2,3)16-12(17)11-10(15-13(16)18)8-6-4-5-7-9(8)19-11/h4-7H,1-3H3,(H,15,18). The summed E-state index contributed by atoms with van der Waals surface area (Å²) >= 11 is 1.42. The first-order valence-electron chi connectivity index (χ1n) is 6.06. The van der Waals surface area contributed by atoms with Crippen LogP contribution in [-0.4, -0.2) is 9.55 Å². The number of rotatable bonds is 0. The fourth-order valence-electron chi connectivity index (χ4n) is 2.29. The summed E-state index contributed by atoms with van der Waals surface area (Å²) in [5, 5.41) is 0.928. The topological polar surface area (TPSA) is 54.9 Å². The number of thiophene rings is 1. The number of H-pyrrole nitrogens is 1. The summed E-state index contributed by atoms with van der Waals surface area (Å²) in [5.74, 6) is 0. The predicted octanol–water partition coefficient (Wildman–Crippen LogP) is 2.66. The number of benzene rings is 1. The highest BCUT2D eigenvalue weighted by molar-refractivity contribution is 7.25. The van der Waals surface area contributed by atoms with E-state index in [2.05, 4.69) is 4.98 Å². The van der Waals surface area contributed by atoms with Crippen molar-refractivity contribution in [3.05, 3.63) is 45.1 Å². The number of aromatic nitrogens is 2. The Hall–Kier alpha value is -1.88. The second kappa shape index (κ2) is 3.81. The Morgan fingerprint density at radius 3 is 2.53 bits per heavy atom. The van der Waals surface area contributed by atoms with E-state index in [1.807, 2.05) is 45.0 Å². The molecule has 98 valence electrons. The maximum Gasteiger partial charge on any atom is 0.329 e. The average Bonchev–Trinajstić information content (AvgIpc) is 2.67. The highest BCUT2D eigenvalue weighted by Gasteiger charge is 2.21. The molecule has 0 unspecified atom stereocenters. The minimum atomic E-state index is -0.533.